The van der Waals surface area contributed by atoms with Crippen LogP contribution < -0.4 is 19.1 Å². The van der Waals surface area contributed by atoms with Crippen LogP contribution in [0.1, 0.15) is 54.9 Å². The number of aryl methyl sites for hydroxylation is 3. The van der Waals surface area contributed by atoms with Gasteiger partial charge >= 0.3 is 0 Å². The fourth-order valence-electron chi connectivity index (χ4n) is 5.59. The van der Waals surface area contributed by atoms with Crippen molar-refractivity contribution >= 4 is 27.5 Å². The minimum Gasteiger partial charge on any atom is -0.493 e. The summed E-state index contributed by atoms with van der Waals surface area (Å²) in [6.07, 6.45) is 3.94. The van der Waals surface area contributed by atoms with Crippen LogP contribution in [0.4, 0.5) is 5.69 Å². The molecule has 1 saturated carbocycles. The molecule has 0 unspecified atom stereocenters. The number of anilines is 1. The number of hydrogen-bond donors (Lipinski definition) is 1. The van der Waals surface area contributed by atoms with Gasteiger partial charge in [-0.3, -0.25) is 13.9 Å². The van der Waals surface area contributed by atoms with Gasteiger partial charge in [-0.2, -0.15) is 0 Å². The average molecular weight is 622 g/mol. The molecule has 236 valence electrons. The Morgan fingerprint density at radius 2 is 1.48 bits per heavy atom. The minimum absolute atomic E-state index is 0.0563. The summed E-state index contributed by atoms with van der Waals surface area (Å²) in [5.41, 5.74) is 3.95. The summed E-state index contributed by atoms with van der Waals surface area (Å²) < 4.78 is 40.4. The van der Waals surface area contributed by atoms with Crippen molar-refractivity contribution in [2.75, 3.05) is 25.1 Å². The third-order valence-electron chi connectivity index (χ3n) is 8.06. The summed E-state index contributed by atoms with van der Waals surface area (Å²) in [6.45, 7) is 7.06. The monoisotopic (exact) mass is 621 g/mol. The van der Waals surface area contributed by atoms with Crippen molar-refractivity contribution in [2.24, 2.45) is 0 Å². The highest BCUT2D eigenvalue weighted by molar-refractivity contribution is 7.92. The number of ether oxygens (including phenoxy) is 2. The van der Waals surface area contributed by atoms with Crippen LogP contribution in [-0.4, -0.2) is 58.0 Å². The lowest BCUT2D eigenvalue weighted by Crippen LogP contribution is -2.52. The predicted molar refractivity (Wildman–Crippen MR) is 172 cm³/mol. The van der Waals surface area contributed by atoms with Crippen LogP contribution in [0.2, 0.25) is 0 Å². The Labute approximate surface area is 261 Å². The smallest absolute Gasteiger partial charge is 0.264 e. The SMILES string of the molecule is COc1ccc(S(=O)(=O)N(CC(=O)N(Cc2ccc(C)cc2)[C@@H](C)C(=O)NC2CCCC2)c2cc(C)cc(C)c2)cc1OC. The first kappa shape index (κ1) is 32.9. The maximum Gasteiger partial charge on any atom is 0.264 e. The first-order valence-corrected chi connectivity index (χ1v) is 16.4. The molecule has 0 aliphatic heterocycles. The zero-order chi connectivity index (χ0) is 32.0. The first-order valence-electron chi connectivity index (χ1n) is 14.9. The van der Waals surface area contributed by atoms with Crippen molar-refractivity contribution in [3.63, 3.8) is 0 Å². The number of benzene rings is 3. The van der Waals surface area contributed by atoms with Crippen LogP contribution in [0.15, 0.2) is 65.6 Å². The van der Waals surface area contributed by atoms with Gasteiger partial charge < -0.3 is 19.7 Å². The molecule has 44 heavy (non-hydrogen) atoms. The maximum atomic E-state index is 14.3. The summed E-state index contributed by atoms with van der Waals surface area (Å²) >= 11 is 0. The third-order valence-corrected chi connectivity index (χ3v) is 9.83. The molecular weight excluding hydrogens is 578 g/mol. The lowest BCUT2D eigenvalue weighted by atomic mass is 10.1. The van der Waals surface area contributed by atoms with Crippen LogP contribution in [0.25, 0.3) is 0 Å². The molecule has 4 rings (SSSR count). The van der Waals surface area contributed by atoms with Gasteiger partial charge in [-0.25, -0.2) is 8.42 Å². The molecule has 1 atom stereocenters. The predicted octanol–water partition coefficient (Wildman–Crippen LogP) is 5.30. The van der Waals surface area contributed by atoms with Crippen LogP contribution in [0.3, 0.4) is 0 Å². The van der Waals surface area contributed by atoms with E-state index in [0.717, 1.165) is 52.2 Å². The van der Waals surface area contributed by atoms with E-state index in [2.05, 4.69) is 5.32 Å². The molecule has 0 spiro atoms. The Morgan fingerprint density at radius 1 is 0.864 bits per heavy atom. The largest absolute Gasteiger partial charge is 0.493 e. The molecule has 10 heteroatoms. The topological polar surface area (TPSA) is 105 Å². The number of carbonyl (C=O) groups excluding carboxylic acids is 2. The van der Waals surface area contributed by atoms with E-state index < -0.39 is 28.5 Å². The van der Waals surface area contributed by atoms with E-state index in [0.29, 0.717) is 11.4 Å². The van der Waals surface area contributed by atoms with E-state index in [1.54, 1.807) is 19.1 Å². The van der Waals surface area contributed by atoms with E-state index in [1.165, 1.54) is 37.3 Å². The van der Waals surface area contributed by atoms with Crippen molar-refractivity contribution in [2.45, 2.75) is 76.9 Å². The summed E-state index contributed by atoms with van der Waals surface area (Å²) in [5, 5.41) is 3.10. The van der Waals surface area contributed by atoms with Gasteiger partial charge in [-0.15, -0.1) is 0 Å². The fourth-order valence-corrected chi connectivity index (χ4v) is 7.01. The van der Waals surface area contributed by atoms with Crippen molar-refractivity contribution in [3.8, 4) is 11.5 Å². The molecule has 0 bridgehead atoms. The van der Waals surface area contributed by atoms with E-state index in [9.17, 15) is 18.0 Å². The Hall–Kier alpha value is -4.05. The highest BCUT2D eigenvalue weighted by Crippen LogP contribution is 2.33. The van der Waals surface area contributed by atoms with E-state index >= 15 is 0 Å². The standard InChI is InChI=1S/C34H43N3O6S/c1-23-11-13-27(14-12-23)21-36(26(4)34(39)35-28-9-7-8-10-28)33(38)22-37(29-18-24(2)17-25(3)19-29)44(40,41)30-15-16-31(42-5)32(20-30)43-6/h11-20,26,28H,7-10,21-22H2,1-6H3,(H,35,39)/t26-/m0/s1. The van der Waals surface area contributed by atoms with Gasteiger partial charge in [0, 0.05) is 18.7 Å². The Balaban J connectivity index is 1.74. The molecule has 0 heterocycles. The molecule has 9 nitrogen and oxygen atoms in total. The zero-order valence-corrected chi connectivity index (χ0v) is 27.2. The van der Waals surface area contributed by atoms with E-state index in [1.807, 2.05) is 51.1 Å². The number of methoxy groups -OCH3 is 2. The van der Waals surface area contributed by atoms with Gasteiger partial charge in [0.15, 0.2) is 11.5 Å². The first-order chi connectivity index (χ1) is 20.9. The van der Waals surface area contributed by atoms with Crippen LogP contribution >= 0.6 is 0 Å². The Morgan fingerprint density at radius 3 is 2.07 bits per heavy atom. The molecule has 1 aliphatic rings. The number of nitrogens with zero attached hydrogens (tertiary/aromatic N) is 2. The molecule has 1 N–H and O–H groups in total. The molecule has 0 saturated heterocycles. The molecule has 1 aliphatic carbocycles. The highest BCUT2D eigenvalue weighted by Gasteiger charge is 2.34. The molecule has 0 aromatic heterocycles. The molecular formula is C34H43N3O6S. The van der Waals surface area contributed by atoms with Crippen molar-refractivity contribution in [3.05, 3.63) is 82.9 Å². The van der Waals surface area contributed by atoms with E-state index in [-0.39, 0.29) is 29.1 Å². The van der Waals surface area contributed by atoms with Crippen LogP contribution in [-0.2, 0) is 26.2 Å². The second kappa shape index (κ2) is 14.2. The molecule has 3 aromatic carbocycles. The molecule has 3 aromatic rings. The minimum atomic E-state index is -4.27. The number of carbonyl (C=O) groups is 2. The van der Waals surface area contributed by atoms with Gasteiger partial charge in [-0.1, -0.05) is 48.7 Å². The molecule has 0 radical (unpaired) electrons. The van der Waals surface area contributed by atoms with Crippen LogP contribution in [0, 0.1) is 20.8 Å². The fraction of sp³-hybridized carbons (Fsp3) is 0.412. The summed E-state index contributed by atoms with van der Waals surface area (Å²) in [5.74, 6) is -0.119. The highest BCUT2D eigenvalue weighted by atomic mass is 32.2. The summed E-state index contributed by atoms with van der Waals surface area (Å²) in [6, 6.07) is 16.7. The second-order valence-electron chi connectivity index (χ2n) is 11.5. The number of rotatable bonds is 12. The third kappa shape index (κ3) is 7.72. The van der Waals surface area contributed by atoms with Gasteiger partial charge in [-0.05, 0) is 81.5 Å². The van der Waals surface area contributed by atoms with Gasteiger partial charge in [0.1, 0.15) is 12.6 Å². The summed E-state index contributed by atoms with van der Waals surface area (Å²) in [4.78, 5) is 29.1. The van der Waals surface area contributed by atoms with Crippen LogP contribution in [0.5, 0.6) is 11.5 Å². The van der Waals surface area contributed by atoms with Gasteiger partial charge in [0.25, 0.3) is 10.0 Å². The van der Waals surface area contributed by atoms with E-state index in [4.69, 9.17) is 9.47 Å². The van der Waals surface area contributed by atoms with Gasteiger partial charge in [0.2, 0.25) is 11.8 Å². The maximum absolute atomic E-state index is 14.3. The van der Waals surface area contributed by atoms with Crippen molar-refractivity contribution < 1.29 is 27.5 Å². The normalized spacial score (nSPS) is 14.1. The molecule has 2 amide bonds. The number of sulfonamides is 1. The summed E-state index contributed by atoms with van der Waals surface area (Å²) in [7, 11) is -1.36. The van der Waals surface area contributed by atoms with Crippen molar-refractivity contribution in [1.82, 2.24) is 10.2 Å². The number of hydrogen-bond acceptors (Lipinski definition) is 6. The quantitative estimate of drug-likeness (QED) is 0.294. The Bertz CT molecular complexity index is 1560. The van der Waals surface area contributed by atoms with Crippen molar-refractivity contribution in [1.29, 1.82) is 0 Å². The van der Waals surface area contributed by atoms with Gasteiger partial charge in [0.05, 0.1) is 24.8 Å². The number of amides is 2. The average Bonchev–Trinajstić information content (AvgIpc) is 3.51. The lowest BCUT2D eigenvalue weighted by Gasteiger charge is -2.32. The zero-order valence-electron chi connectivity index (χ0n) is 26.4. The number of nitrogens with one attached hydrogen (secondary N) is 1. The lowest BCUT2D eigenvalue weighted by molar-refractivity contribution is -0.139. The molecule has 1 fully saturated rings. The second-order valence-corrected chi connectivity index (χ2v) is 13.4. The Kier molecular flexibility index (Phi) is 10.6.